The maximum Gasteiger partial charge on any atom is 0.147 e. The van der Waals surface area contributed by atoms with Gasteiger partial charge in [0.1, 0.15) is 11.6 Å². The summed E-state index contributed by atoms with van der Waals surface area (Å²) in [4.78, 5) is 4.40. The normalized spacial score (nSPS) is 12.6. The first-order valence-electron chi connectivity index (χ1n) is 6.33. The zero-order valence-corrected chi connectivity index (χ0v) is 12.9. The smallest absolute Gasteiger partial charge is 0.147 e. The Bertz CT molecular complexity index is 392. The second-order valence-electron chi connectivity index (χ2n) is 4.41. The fraction of sp³-hybridized carbons (Fsp3) is 0.615. The van der Waals surface area contributed by atoms with Gasteiger partial charge in [-0.2, -0.15) is 0 Å². The Kier molecular flexibility index (Phi) is 6.03. The highest BCUT2D eigenvalue weighted by molar-refractivity contribution is 6.37. The van der Waals surface area contributed by atoms with E-state index in [1.165, 1.54) is 0 Å². The van der Waals surface area contributed by atoms with Gasteiger partial charge in [-0.15, -0.1) is 0 Å². The molecule has 1 rings (SSSR count). The third-order valence-corrected chi connectivity index (χ3v) is 3.86. The minimum atomic E-state index is 0.330. The number of hydrogen-bond donors (Lipinski definition) is 2. The Hall–Kier alpha value is -0.670. The molecule has 1 heterocycles. The molecule has 102 valence electrons. The number of nitrogens with zero attached hydrogens (tertiary/aromatic N) is 1. The summed E-state index contributed by atoms with van der Waals surface area (Å²) in [5, 5.41) is 7.41. The lowest BCUT2D eigenvalue weighted by Crippen LogP contribution is -2.25. The highest BCUT2D eigenvalue weighted by Crippen LogP contribution is 2.30. The summed E-state index contributed by atoms with van der Waals surface area (Å²) in [5.41, 5.74) is 0. The van der Waals surface area contributed by atoms with Crippen molar-refractivity contribution >= 4 is 34.8 Å². The van der Waals surface area contributed by atoms with Crippen LogP contribution in [0.25, 0.3) is 0 Å². The molecule has 0 saturated carbocycles. The van der Waals surface area contributed by atoms with Gasteiger partial charge in [-0.1, -0.05) is 49.9 Å². The Morgan fingerprint density at radius 2 is 1.72 bits per heavy atom. The van der Waals surface area contributed by atoms with Crippen molar-refractivity contribution in [2.75, 3.05) is 17.7 Å². The van der Waals surface area contributed by atoms with Crippen molar-refractivity contribution < 1.29 is 0 Å². The minimum absolute atomic E-state index is 0.330. The van der Waals surface area contributed by atoms with Gasteiger partial charge in [0.2, 0.25) is 0 Å². The van der Waals surface area contributed by atoms with E-state index >= 15 is 0 Å². The Labute approximate surface area is 119 Å². The molecule has 0 aliphatic carbocycles. The SMILES string of the molecule is CCC(CC)C(C)Nc1nc(NC)c(Cl)cc1Cl. The third kappa shape index (κ3) is 3.66. The molecule has 0 aliphatic heterocycles. The molecule has 0 radical (unpaired) electrons. The number of hydrogen-bond acceptors (Lipinski definition) is 3. The molecule has 3 nitrogen and oxygen atoms in total. The van der Waals surface area contributed by atoms with Crippen LogP contribution in [0.2, 0.25) is 10.0 Å². The molecule has 1 aromatic heterocycles. The van der Waals surface area contributed by atoms with E-state index in [2.05, 4.69) is 36.4 Å². The van der Waals surface area contributed by atoms with Crippen LogP contribution in [0.15, 0.2) is 6.07 Å². The first-order valence-corrected chi connectivity index (χ1v) is 7.09. The molecule has 0 spiro atoms. The van der Waals surface area contributed by atoms with Crippen molar-refractivity contribution in [3.05, 3.63) is 16.1 Å². The summed E-state index contributed by atoms with van der Waals surface area (Å²) in [6.45, 7) is 6.55. The van der Waals surface area contributed by atoms with E-state index in [0.717, 1.165) is 12.8 Å². The van der Waals surface area contributed by atoms with Crippen molar-refractivity contribution in [2.45, 2.75) is 39.7 Å². The topological polar surface area (TPSA) is 37.0 Å². The molecular formula is C13H21Cl2N3. The fourth-order valence-corrected chi connectivity index (χ4v) is 2.58. The summed E-state index contributed by atoms with van der Waals surface area (Å²) in [6, 6.07) is 2.04. The van der Waals surface area contributed by atoms with E-state index in [-0.39, 0.29) is 0 Å². The summed E-state index contributed by atoms with van der Waals surface area (Å²) < 4.78 is 0. The first kappa shape index (κ1) is 15.4. The highest BCUT2D eigenvalue weighted by Gasteiger charge is 2.16. The molecule has 0 fully saturated rings. The van der Waals surface area contributed by atoms with Crippen LogP contribution in [0, 0.1) is 5.92 Å². The average molecular weight is 290 g/mol. The van der Waals surface area contributed by atoms with Crippen molar-refractivity contribution in [1.29, 1.82) is 0 Å². The molecule has 1 aromatic rings. The van der Waals surface area contributed by atoms with Crippen LogP contribution in [0.1, 0.15) is 33.6 Å². The van der Waals surface area contributed by atoms with E-state index in [1.54, 1.807) is 13.1 Å². The van der Waals surface area contributed by atoms with Crippen molar-refractivity contribution in [2.24, 2.45) is 5.92 Å². The molecule has 0 aliphatic rings. The molecule has 18 heavy (non-hydrogen) atoms. The number of nitrogens with one attached hydrogen (secondary N) is 2. The number of pyridine rings is 1. The quantitative estimate of drug-likeness (QED) is 0.799. The molecule has 0 bridgehead atoms. The molecule has 1 unspecified atom stereocenters. The molecule has 0 amide bonds. The van der Waals surface area contributed by atoms with Gasteiger partial charge in [-0.05, 0) is 18.9 Å². The monoisotopic (exact) mass is 289 g/mol. The van der Waals surface area contributed by atoms with Gasteiger partial charge >= 0.3 is 0 Å². The maximum atomic E-state index is 6.16. The second-order valence-corrected chi connectivity index (χ2v) is 5.22. The zero-order chi connectivity index (χ0) is 13.7. The number of rotatable bonds is 6. The van der Waals surface area contributed by atoms with Gasteiger partial charge in [0.05, 0.1) is 10.0 Å². The van der Waals surface area contributed by atoms with E-state index in [0.29, 0.717) is 33.6 Å². The third-order valence-electron chi connectivity index (χ3n) is 3.29. The van der Waals surface area contributed by atoms with E-state index in [4.69, 9.17) is 23.2 Å². The van der Waals surface area contributed by atoms with E-state index < -0.39 is 0 Å². The first-order chi connectivity index (χ1) is 8.53. The predicted molar refractivity (Wildman–Crippen MR) is 81.0 cm³/mol. The summed E-state index contributed by atoms with van der Waals surface area (Å²) >= 11 is 12.2. The minimum Gasteiger partial charge on any atom is -0.372 e. The lowest BCUT2D eigenvalue weighted by molar-refractivity contribution is 0.437. The molecule has 0 aromatic carbocycles. The summed E-state index contributed by atoms with van der Waals surface area (Å²) in [5.74, 6) is 1.93. The summed E-state index contributed by atoms with van der Waals surface area (Å²) in [7, 11) is 1.79. The number of aromatic nitrogens is 1. The lowest BCUT2D eigenvalue weighted by Gasteiger charge is -2.23. The van der Waals surface area contributed by atoms with E-state index in [9.17, 15) is 0 Å². The number of halogens is 2. The van der Waals surface area contributed by atoms with Crippen LogP contribution < -0.4 is 10.6 Å². The van der Waals surface area contributed by atoms with E-state index in [1.807, 2.05) is 0 Å². The van der Waals surface area contributed by atoms with Crippen LogP contribution in [0.3, 0.4) is 0 Å². The maximum absolute atomic E-state index is 6.16. The van der Waals surface area contributed by atoms with Crippen LogP contribution in [-0.4, -0.2) is 18.1 Å². The highest BCUT2D eigenvalue weighted by atomic mass is 35.5. The van der Waals surface area contributed by atoms with Gasteiger partial charge < -0.3 is 10.6 Å². The fourth-order valence-electron chi connectivity index (χ4n) is 2.07. The van der Waals surface area contributed by atoms with Gasteiger partial charge in [-0.25, -0.2) is 4.98 Å². The number of anilines is 2. The average Bonchev–Trinajstić information content (AvgIpc) is 2.34. The summed E-state index contributed by atoms with van der Waals surface area (Å²) in [6.07, 6.45) is 2.27. The molecule has 5 heteroatoms. The van der Waals surface area contributed by atoms with Gasteiger partial charge in [-0.3, -0.25) is 0 Å². The van der Waals surface area contributed by atoms with Gasteiger partial charge in [0, 0.05) is 13.1 Å². The van der Waals surface area contributed by atoms with Gasteiger partial charge in [0.15, 0.2) is 0 Å². The molecule has 0 saturated heterocycles. The second kappa shape index (κ2) is 7.05. The Balaban J connectivity index is 2.90. The Morgan fingerprint density at radius 3 is 2.22 bits per heavy atom. The van der Waals surface area contributed by atoms with Crippen LogP contribution in [-0.2, 0) is 0 Å². The van der Waals surface area contributed by atoms with Crippen LogP contribution in [0.5, 0.6) is 0 Å². The predicted octanol–water partition coefficient (Wildman–Crippen LogP) is 4.67. The zero-order valence-electron chi connectivity index (χ0n) is 11.3. The molecular weight excluding hydrogens is 269 g/mol. The largest absolute Gasteiger partial charge is 0.372 e. The van der Waals surface area contributed by atoms with Crippen molar-refractivity contribution in [3.8, 4) is 0 Å². The standard InChI is InChI=1S/C13H21Cl2N3/c1-5-9(6-2)8(3)17-13-11(15)7-10(14)12(16-4)18-13/h7-9H,5-6H2,1-4H3,(H2,16,17,18). The van der Waals surface area contributed by atoms with Crippen molar-refractivity contribution in [3.63, 3.8) is 0 Å². The van der Waals surface area contributed by atoms with Crippen LogP contribution in [0.4, 0.5) is 11.6 Å². The van der Waals surface area contributed by atoms with Crippen LogP contribution >= 0.6 is 23.2 Å². The molecule has 2 N–H and O–H groups in total. The molecule has 1 atom stereocenters. The Morgan fingerprint density at radius 1 is 1.17 bits per heavy atom. The lowest BCUT2D eigenvalue weighted by atomic mass is 9.95. The van der Waals surface area contributed by atoms with Gasteiger partial charge in [0.25, 0.3) is 0 Å². The van der Waals surface area contributed by atoms with Crippen molar-refractivity contribution in [1.82, 2.24) is 4.98 Å².